The predicted molar refractivity (Wildman–Crippen MR) is 87.2 cm³/mol. The van der Waals surface area contributed by atoms with Crippen molar-refractivity contribution in [2.45, 2.75) is 33.1 Å². The van der Waals surface area contributed by atoms with E-state index >= 15 is 0 Å². The first-order valence-electron chi connectivity index (χ1n) is 7.96. The summed E-state index contributed by atoms with van der Waals surface area (Å²) in [6.45, 7) is 7.39. The third-order valence-electron chi connectivity index (χ3n) is 4.17. The Balaban J connectivity index is 2.29. The number of rotatable bonds is 1. The lowest BCUT2D eigenvalue weighted by atomic mass is 9.85. The normalized spacial score (nSPS) is 15.3. The summed E-state index contributed by atoms with van der Waals surface area (Å²) < 4.78 is 74.0. The molecule has 0 saturated heterocycles. The highest BCUT2D eigenvalue weighted by Gasteiger charge is 2.41. The molecule has 3 nitrogen and oxygen atoms in total. The van der Waals surface area contributed by atoms with Gasteiger partial charge in [0.05, 0.1) is 0 Å². The minimum Gasteiger partial charge on any atom is -0.365 e. The van der Waals surface area contributed by atoms with Gasteiger partial charge < -0.3 is 4.74 Å². The molecule has 0 radical (unpaired) electrons. The zero-order valence-electron chi connectivity index (χ0n) is 14.9. The van der Waals surface area contributed by atoms with Crippen molar-refractivity contribution in [2.24, 2.45) is 0 Å². The van der Waals surface area contributed by atoms with Crippen molar-refractivity contribution in [2.75, 3.05) is 0 Å². The van der Waals surface area contributed by atoms with Gasteiger partial charge in [-0.15, -0.1) is 0 Å². The van der Waals surface area contributed by atoms with Crippen LogP contribution < -0.4 is 4.74 Å². The second kappa shape index (κ2) is 6.14. The Morgan fingerprint density at radius 1 is 0.926 bits per heavy atom. The van der Waals surface area contributed by atoms with Crippen molar-refractivity contribution in [1.82, 2.24) is 0 Å². The van der Waals surface area contributed by atoms with Crippen molar-refractivity contribution in [3.63, 3.8) is 0 Å². The number of hydrogen-bond acceptors (Lipinski definition) is 2. The first kappa shape index (κ1) is 19.0. The number of aryl methyl sites for hydroxylation is 1. The molecule has 0 bridgehead atoms. The number of nitrogens with zero attached hydrogens (tertiary/aromatic N) is 1. The maximum absolute atomic E-state index is 14.0. The second-order valence-electron chi connectivity index (χ2n) is 7.26. The highest BCUT2D eigenvalue weighted by Crippen LogP contribution is 2.43. The Morgan fingerprint density at radius 3 is 1.96 bits per heavy atom. The minimum absolute atomic E-state index is 0.161. The summed E-state index contributed by atoms with van der Waals surface area (Å²) in [6.07, 6.45) is -0.457. The van der Waals surface area contributed by atoms with Gasteiger partial charge in [-0.1, -0.05) is 31.4 Å². The van der Waals surface area contributed by atoms with Gasteiger partial charge in [0.25, 0.3) is 5.69 Å². The first-order chi connectivity index (χ1) is 12.4. The Kier molecular flexibility index (Phi) is 4.32. The molecule has 2 aromatic rings. The lowest BCUT2D eigenvalue weighted by molar-refractivity contribution is -0.328. The molecule has 8 heteroatoms. The van der Waals surface area contributed by atoms with E-state index in [0.717, 1.165) is 10.1 Å². The summed E-state index contributed by atoms with van der Waals surface area (Å²) in [5.41, 5.74) is -0.0902. The molecule has 1 aliphatic rings. The maximum atomic E-state index is 14.0. The molecular weight excluding hydrogens is 369 g/mol. The molecule has 0 aromatic heterocycles. The summed E-state index contributed by atoms with van der Waals surface area (Å²) in [5, 5.41) is 0. The smallest absolute Gasteiger partial charge is 0.365 e. The van der Waals surface area contributed by atoms with Gasteiger partial charge >= 0.3 is 6.09 Å². The van der Waals surface area contributed by atoms with Crippen molar-refractivity contribution in [1.29, 1.82) is 0 Å². The second-order valence-corrected chi connectivity index (χ2v) is 7.26. The monoisotopic (exact) mass is 384 g/mol. The number of hydrogen-bond donors (Lipinski definition) is 0. The number of amides is 1. The fourth-order valence-electron chi connectivity index (χ4n) is 2.82. The van der Waals surface area contributed by atoms with Gasteiger partial charge in [0, 0.05) is 11.6 Å². The average molecular weight is 384 g/mol. The van der Waals surface area contributed by atoms with Crippen molar-refractivity contribution in [3.8, 4) is 5.75 Å². The average Bonchev–Trinajstić information content (AvgIpc) is 2.88. The Morgan fingerprint density at radius 2 is 1.44 bits per heavy atom. The van der Waals surface area contributed by atoms with Crippen LogP contribution in [0.2, 0.25) is 0 Å². The van der Waals surface area contributed by atoms with Gasteiger partial charge in [0.15, 0.2) is 29.5 Å². The van der Waals surface area contributed by atoms with Gasteiger partial charge in [-0.05, 0) is 17.9 Å². The van der Waals surface area contributed by atoms with E-state index < -0.39 is 46.2 Å². The third kappa shape index (κ3) is 2.98. The molecule has 142 valence electrons. The molecule has 0 atom stereocenters. The van der Waals surface area contributed by atoms with E-state index in [0.29, 0.717) is 11.8 Å². The zero-order valence-corrected chi connectivity index (χ0v) is 14.9. The highest BCUT2D eigenvalue weighted by atomic mass is 19.2. The largest absolute Gasteiger partial charge is 0.608 e. The van der Waals surface area contributed by atoms with Crippen LogP contribution in [0.1, 0.15) is 37.5 Å². The fraction of sp³-hybridized carbons (Fsp3) is 0.263. The molecule has 0 spiro atoms. The van der Waals surface area contributed by atoms with Gasteiger partial charge in [0.2, 0.25) is 11.6 Å². The minimum atomic E-state index is -2.27. The van der Waals surface area contributed by atoms with Gasteiger partial charge in [-0.2, -0.15) is 4.79 Å². The van der Waals surface area contributed by atoms with Crippen LogP contribution in [0, 0.1) is 36.0 Å². The van der Waals surface area contributed by atoms with E-state index in [4.69, 9.17) is 4.74 Å². The summed E-state index contributed by atoms with van der Waals surface area (Å²) in [5.74, 6) is -10.3. The summed E-state index contributed by atoms with van der Waals surface area (Å²) in [7, 11) is 0. The molecule has 2 aromatic carbocycles. The zero-order chi connectivity index (χ0) is 20.3. The molecular formula is C19H15F5NO2+. The highest BCUT2D eigenvalue weighted by molar-refractivity contribution is 5.87. The van der Waals surface area contributed by atoms with Crippen LogP contribution >= 0.6 is 0 Å². The topological polar surface area (TPSA) is 29.3 Å². The van der Waals surface area contributed by atoms with E-state index in [1.165, 1.54) is 6.07 Å². The Hall–Kier alpha value is -2.77. The number of halogens is 5. The standard InChI is InChI=1S/C19H15F5NO2/c1-8-5-10(19(2,3)4)17-11(6-8)25(18(26)27-17)7-9-12(20)14(22)16(24)15(23)13(9)21/h5-7H,1-4H3/q+1/b25-7+. The van der Waals surface area contributed by atoms with Crippen LogP contribution in [-0.2, 0) is 5.41 Å². The summed E-state index contributed by atoms with van der Waals surface area (Å²) in [4.78, 5) is 12.3. The lowest BCUT2D eigenvalue weighted by Gasteiger charge is -2.20. The molecule has 3 rings (SSSR count). The molecule has 1 amide bonds. The van der Waals surface area contributed by atoms with Crippen molar-refractivity contribution in [3.05, 3.63) is 57.9 Å². The molecule has 0 fully saturated rings. The van der Waals surface area contributed by atoms with Crippen LogP contribution in [0.3, 0.4) is 0 Å². The number of carbonyl (C=O) groups excluding carboxylic acids is 1. The van der Waals surface area contributed by atoms with Crippen molar-refractivity contribution < 1.29 is 36.1 Å². The van der Waals surface area contributed by atoms with Crippen LogP contribution in [0.15, 0.2) is 12.1 Å². The fourth-order valence-corrected chi connectivity index (χ4v) is 2.82. The molecule has 1 heterocycles. The Bertz CT molecular complexity index is 993. The lowest BCUT2D eigenvalue weighted by Crippen LogP contribution is -2.17. The van der Waals surface area contributed by atoms with E-state index in [1.54, 1.807) is 13.0 Å². The number of benzene rings is 2. The molecule has 0 N–H and O–H groups in total. The maximum Gasteiger partial charge on any atom is 0.608 e. The molecule has 1 aliphatic heterocycles. The van der Waals surface area contributed by atoms with Gasteiger partial charge in [-0.25, -0.2) is 22.0 Å². The quantitative estimate of drug-likeness (QED) is 0.290. The van der Waals surface area contributed by atoms with Crippen LogP contribution in [0.25, 0.3) is 0 Å². The number of ether oxygens (including phenoxy) is 1. The van der Waals surface area contributed by atoms with E-state index in [9.17, 15) is 26.7 Å². The first-order valence-corrected chi connectivity index (χ1v) is 7.96. The Labute approximate surface area is 151 Å². The molecule has 0 saturated carbocycles. The van der Waals surface area contributed by atoms with Gasteiger partial charge in [0.1, 0.15) is 5.56 Å². The van der Waals surface area contributed by atoms with Crippen LogP contribution in [0.5, 0.6) is 5.75 Å². The van der Waals surface area contributed by atoms with Gasteiger partial charge in [-0.3, -0.25) is 0 Å². The summed E-state index contributed by atoms with van der Waals surface area (Å²) in [6, 6.07) is 3.33. The van der Waals surface area contributed by atoms with Crippen LogP contribution in [0.4, 0.5) is 32.4 Å². The van der Waals surface area contributed by atoms with E-state index in [2.05, 4.69) is 0 Å². The molecule has 27 heavy (non-hydrogen) atoms. The molecule has 0 unspecified atom stereocenters. The predicted octanol–water partition coefficient (Wildman–Crippen LogP) is 5.26. The number of fused-ring (bicyclic) bond motifs is 1. The molecule has 0 aliphatic carbocycles. The van der Waals surface area contributed by atoms with Crippen molar-refractivity contribution >= 4 is 18.0 Å². The van der Waals surface area contributed by atoms with E-state index in [1.807, 2.05) is 20.8 Å². The van der Waals surface area contributed by atoms with Crippen LogP contribution in [-0.4, -0.2) is 16.9 Å². The SMILES string of the molecule is Cc1cc2c(c(C(C)(C)C)c1)OC(=O)/[N+]2=C/c1c(F)c(F)c(F)c(F)c1F. The summed E-state index contributed by atoms with van der Waals surface area (Å²) >= 11 is 0. The van der Waals surface area contributed by atoms with E-state index in [-0.39, 0.29) is 11.4 Å². The third-order valence-corrected chi connectivity index (χ3v) is 4.17. The number of carbonyl (C=O) groups is 1.